The van der Waals surface area contributed by atoms with Crippen LogP contribution in [0.1, 0.15) is 51.7 Å². The maximum atomic E-state index is 13.2. The molecule has 2 aromatic carbocycles. The fraction of sp³-hybridized carbons (Fsp3) is 0.417. The Balaban J connectivity index is 2.38. The highest BCUT2D eigenvalue weighted by Gasteiger charge is 2.31. The zero-order chi connectivity index (χ0) is 21.4. The van der Waals surface area contributed by atoms with E-state index in [1.54, 1.807) is 4.90 Å². The first kappa shape index (κ1) is 23.1. The molecule has 0 aromatic heterocycles. The molecule has 0 fully saturated rings. The number of hydrogen-bond acceptors (Lipinski definition) is 2. The Kier molecular flexibility index (Phi) is 8.45. The third-order valence-corrected chi connectivity index (χ3v) is 5.03. The topological polar surface area (TPSA) is 49.4 Å². The molecule has 0 aliphatic carbocycles. The lowest BCUT2D eigenvalue weighted by Gasteiger charge is -2.34. The van der Waals surface area contributed by atoms with Crippen LogP contribution in [-0.2, 0) is 22.6 Å². The minimum absolute atomic E-state index is 0.000379. The van der Waals surface area contributed by atoms with Crippen molar-refractivity contribution in [2.75, 3.05) is 0 Å². The van der Waals surface area contributed by atoms with Gasteiger partial charge in [-0.1, -0.05) is 65.3 Å². The van der Waals surface area contributed by atoms with Gasteiger partial charge in [0.05, 0.1) is 0 Å². The summed E-state index contributed by atoms with van der Waals surface area (Å²) < 4.78 is 0.985. The minimum atomic E-state index is -0.570. The highest BCUT2D eigenvalue weighted by atomic mass is 79.9. The molecule has 156 valence electrons. The van der Waals surface area contributed by atoms with Gasteiger partial charge in [-0.25, -0.2) is 0 Å². The summed E-state index contributed by atoms with van der Waals surface area (Å²) in [5, 5.41) is 3.07. The molecule has 1 atom stereocenters. The molecule has 4 nitrogen and oxygen atoms in total. The first-order valence-corrected chi connectivity index (χ1v) is 10.9. The first-order chi connectivity index (χ1) is 13.7. The number of rotatable bonds is 8. The van der Waals surface area contributed by atoms with Gasteiger partial charge in [0.1, 0.15) is 6.04 Å². The summed E-state index contributed by atoms with van der Waals surface area (Å²) in [7, 11) is 0. The SMILES string of the molecule is CCCC(=O)N(Cc1ccc(Br)cc1)C(Cc1ccccc1)C(=O)NC(C)(C)C. The monoisotopic (exact) mass is 458 g/mol. The number of amides is 2. The van der Waals surface area contributed by atoms with Gasteiger partial charge >= 0.3 is 0 Å². The molecule has 0 saturated carbocycles. The molecular weight excluding hydrogens is 428 g/mol. The molecule has 2 aromatic rings. The van der Waals surface area contributed by atoms with Crippen LogP contribution in [0.4, 0.5) is 0 Å². The van der Waals surface area contributed by atoms with E-state index in [2.05, 4.69) is 21.2 Å². The van der Waals surface area contributed by atoms with Gasteiger partial charge in [-0.2, -0.15) is 0 Å². The van der Waals surface area contributed by atoms with Gasteiger partial charge < -0.3 is 10.2 Å². The Labute approximate surface area is 182 Å². The van der Waals surface area contributed by atoms with Crippen LogP contribution in [-0.4, -0.2) is 28.3 Å². The van der Waals surface area contributed by atoms with Crippen LogP contribution >= 0.6 is 15.9 Å². The van der Waals surface area contributed by atoms with Gasteiger partial charge in [-0.15, -0.1) is 0 Å². The van der Waals surface area contributed by atoms with Gasteiger partial charge in [0, 0.05) is 29.4 Å². The van der Waals surface area contributed by atoms with Crippen LogP contribution in [0.2, 0.25) is 0 Å². The zero-order valence-electron chi connectivity index (χ0n) is 17.7. The molecule has 0 spiro atoms. The van der Waals surface area contributed by atoms with Crippen LogP contribution in [0.3, 0.4) is 0 Å². The van der Waals surface area contributed by atoms with Gasteiger partial charge in [-0.05, 0) is 50.5 Å². The molecule has 2 rings (SSSR count). The van der Waals surface area contributed by atoms with Crippen LogP contribution in [0.15, 0.2) is 59.1 Å². The van der Waals surface area contributed by atoms with Crippen molar-refractivity contribution in [3.63, 3.8) is 0 Å². The Bertz CT molecular complexity index is 798. The summed E-state index contributed by atoms with van der Waals surface area (Å²) in [6.07, 6.45) is 1.65. The molecule has 1 N–H and O–H groups in total. The average Bonchev–Trinajstić information content (AvgIpc) is 2.65. The van der Waals surface area contributed by atoms with Crippen molar-refractivity contribution >= 4 is 27.7 Å². The first-order valence-electron chi connectivity index (χ1n) is 10.1. The van der Waals surface area contributed by atoms with E-state index < -0.39 is 6.04 Å². The molecular formula is C24H31BrN2O2. The number of halogens is 1. The van der Waals surface area contributed by atoms with Gasteiger partial charge in [-0.3, -0.25) is 9.59 Å². The van der Waals surface area contributed by atoms with Gasteiger partial charge in [0.2, 0.25) is 11.8 Å². The van der Waals surface area contributed by atoms with E-state index in [1.165, 1.54) is 0 Å². The molecule has 0 heterocycles. The number of nitrogens with one attached hydrogen (secondary N) is 1. The summed E-state index contributed by atoms with van der Waals surface area (Å²) in [6.45, 7) is 8.25. The van der Waals surface area contributed by atoms with E-state index in [0.717, 1.165) is 22.0 Å². The highest BCUT2D eigenvalue weighted by molar-refractivity contribution is 9.10. The van der Waals surface area contributed by atoms with Crippen molar-refractivity contribution in [2.24, 2.45) is 0 Å². The Hall–Kier alpha value is -2.14. The van der Waals surface area contributed by atoms with Gasteiger partial charge in [0.15, 0.2) is 0 Å². The lowest BCUT2D eigenvalue weighted by atomic mass is 10.0. The van der Waals surface area contributed by atoms with E-state index in [-0.39, 0.29) is 17.4 Å². The molecule has 1 unspecified atom stereocenters. The molecule has 0 aliphatic heterocycles. The number of nitrogens with zero attached hydrogens (tertiary/aromatic N) is 1. The normalized spacial score (nSPS) is 12.3. The second-order valence-corrected chi connectivity index (χ2v) is 9.26. The lowest BCUT2D eigenvalue weighted by molar-refractivity contribution is -0.142. The average molecular weight is 459 g/mol. The standard InChI is InChI=1S/C24H31BrN2O2/c1-5-9-22(28)27(17-19-12-14-20(25)15-13-19)21(23(29)26-24(2,3)4)16-18-10-7-6-8-11-18/h6-8,10-15,21H,5,9,16-17H2,1-4H3,(H,26,29). The van der Waals surface area contributed by atoms with Crippen LogP contribution in [0.5, 0.6) is 0 Å². The number of hydrogen-bond donors (Lipinski definition) is 1. The molecule has 2 amide bonds. The second-order valence-electron chi connectivity index (χ2n) is 8.34. The van der Waals surface area contributed by atoms with Gasteiger partial charge in [0.25, 0.3) is 0 Å². The molecule has 29 heavy (non-hydrogen) atoms. The molecule has 0 radical (unpaired) electrons. The van der Waals surface area contributed by atoms with E-state index in [4.69, 9.17) is 0 Å². The lowest BCUT2D eigenvalue weighted by Crippen LogP contribution is -2.54. The second kappa shape index (κ2) is 10.6. The zero-order valence-corrected chi connectivity index (χ0v) is 19.3. The number of carbonyl (C=O) groups excluding carboxylic acids is 2. The van der Waals surface area contributed by atoms with Crippen LogP contribution in [0, 0.1) is 0 Å². The van der Waals surface area contributed by atoms with Crippen molar-refractivity contribution in [3.8, 4) is 0 Å². The predicted octanol–water partition coefficient (Wildman–Crippen LogP) is 5.10. The van der Waals surface area contributed by atoms with Crippen molar-refractivity contribution in [1.29, 1.82) is 0 Å². The van der Waals surface area contributed by atoms with E-state index in [1.807, 2.05) is 82.3 Å². The number of carbonyl (C=O) groups is 2. The highest BCUT2D eigenvalue weighted by Crippen LogP contribution is 2.18. The minimum Gasteiger partial charge on any atom is -0.350 e. The third kappa shape index (κ3) is 7.65. The maximum Gasteiger partial charge on any atom is 0.243 e. The van der Waals surface area contributed by atoms with E-state index in [0.29, 0.717) is 19.4 Å². The smallest absolute Gasteiger partial charge is 0.243 e. The largest absolute Gasteiger partial charge is 0.350 e. The maximum absolute atomic E-state index is 13.2. The molecule has 5 heteroatoms. The Morgan fingerprint density at radius 3 is 2.17 bits per heavy atom. The number of benzene rings is 2. The van der Waals surface area contributed by atoms with Crippen molar-refractivity contribution in [3.05, 3.63) is 70.2 Å². The molecule has 0 saturated heterocycles. The third-order valence-electron chi connectivity index (χ3n) is 4.50. The van der Waals surface area contributed by atoms with E-state index >= 15 is 0 Å². The van der Waals surface area contributed by atoms with Crippen LogP contribution < -0.4 is 5.32 Å². The summed E-state index contributed by atoms with van der Waals surface area (Å²) in [5.41, 5.74) is 1.66. The predicted molar refractivity (Wildman–Crippen MR) is 121 cm³/mol. The van der Waals surface area contributed by atoms with E-state index in [9.17, 15) is 9.59 Å². The van der Waals surface area contributed by atoms with Crippen molar-refractivity contribution in [1.82, 2.24) is 10.2 Å². The molecule has 0 aliphatic rings. The Morgan fingerprint density at radius 2 is 1.62 bits per heavy atom. The van der Waals surface area contributed by atoms with Crippen LogP contribution in [0.25, 0.3) is 0 Å². The molecule has 0 bridgehead atoms. The fourth-order valence-electron chi connectivity index (χ4n) is 3.15. The Morgan fingerprint density at radius 1 is 1.00 bits per heavy atom. The summed E-state index contributed by atoms with van der Waals surface area (Å²) in [4.78, 5) is 28.0. The summed E-state index contributed by atoms with van der Waals surface area (Å²) in [6, 6.07) is 17.2. The summed E-state index contributed by atoms with van der Waals surface area (Å²) in [5.74, 6) is -0.122. The van der Waals surface area contributed by atoms with Crippen molar-refractivity contribution < 1.29 is 9.59 Å². The summed E-state index contributed by atoms with van der Waals surface area (Å²) >= 11 is 3.45. The fourth-order valence-corrected chi connectivity index (χ4v) is 3.42. The van der Waals surface area contributed by atoms with Crippen molar-refractivity contribution in [2.45, 2.75) is 65.1 Å². The quantitative estimate of drug-likeness (QED) is 0.597.